The molecular formula is C60H98O6. The first-order valence-electron chi connectivity index (χ1n) is 26.9. The SMILES string of the molecule is CC/C=C\C/C=C\C/C=C\C/C=C\C/C=C\C/C=C\CCCCCCC(=O)OCC(COC(=O)CCCCCCC/C=C\CCCCC)OC(=O)CCCCCCC/C=C\C/C=C\CCC. The zero-order chi connectivity index (χ0) is 47.9. The molecule has 0 heterocycles. The van der Waals surface area contributed by atoms with Gasteiger partial charge in [0.25, 0.3) is 0 Å². The van der Waals surface area contributed by atoms with Crippen molar-refractivity contribution < 1.29 is 28.6 Å². The van der Waals surface area contributed by atoms with Crippen LogP contribution in [0.25, 0.3) is 0 Å². The van der Waals surface area contributed by atoms with Crippen molar-refractivity contribution in [3.8, 4) is 0 Å². The van der Waals surface area contributed by atoms with E-state index in [0.29, 0.717) is 19.3 Å². The van der Waals surface area contributed by atoms with Crippen LogP contribution in [0.15, 0.2) is 109 Å². The summed E-state index contributed by atoms with van der Waals surface area (Å²) in [7, 11) is 0. The molecule has 0 N–H and O–H groups in total. The van der Waals surface area contributed by atoms with E-state index in [2.05, 4.69) is 130 Å². The molecule has 1 atom stereocenters. The summed E-state index contributed by atoms with van der Waals surface area (Å²) in [6, 6.07) is 0. The summed E-state index contributed by atoms with van der Waals surface area (Å²) in [5, 5.41) is 0. The number of unbranched alkanes of at least 4 members (excludes halogenated alkanes) is 18. The van der Waals surface area contributed by atoms with Crippen LogP contribution in [-0.2, 0) is 28.6 Å². The zero-order valence-electron chi connectivity index (χ0n) is 42.7. The van der Waals surface area contributed by atoms with Crippen molar-refractivity contribution in [1.82, 2.24) is 0 Å². The zero-order valence-corrected chi connectivity index (χ0v) is 42.7. The molecule has 0 aliphatic heterocycles. The van der Waals surface area contributed by atoms with Crippen LogP contribution in [0.2, 0.25) is 0 Å². The lowest BCUT2D eigenvalue weighted by atomic mass is 10.1. The minimum atomic E-state index is -0.801. The maximum absolute atomic E-state index is 12.8. The Balaban J connectivity index is 4.42. The molecule has 6 heteroatoms. The van der Waals surface area contributed by atoms with Crippen LogP contribution < -0.4 is 0 Å². The maximum atomic E-state index is 12.8. The summed E-state index contributed by atoms with van der Waals surface area (Å²) in [6.45, 7) is 6.38. The highest BCUT2D eigenvalue weighted by molar-refractivity contribution is 5.71. The third-order valence-electron chi connectivity index (χ3n) is 11.0. The summed E-state index contributed by atoms with van der Waals surface area (Å²) in [4.78, 5) is 38.0. The molecule has 0 aliphatic rings. The summed E-state index contributed by atoms with van der Waals surface area (Å²) in [6.07, 6.45) is 72.1. The lowest BCUT2D eigenvalue weighted by Gasteiger charge is -2.18. The van der Waals surface area contributed by atoms with Crippen molar-refractivity contribution >= 4 is 17.9 Å². The molecule has 1 unspecified atom stereocenters. The Hall–Kier alpha value is -3.93. The van der Waals surface area contributed by atoms with Crippen molar-refractivity contribution in [2.24, 2.45) is 0 Å². The molecule has 0 amide bonds. The number of ether oxygens (including phenoxy) is 3. The van der Waals surface area contributed by atoms with Gasteiger partial charge in [-0.05, 0) is 122 Å². The van der Waals surface area contributed by atoms with Gasteiger partial charge < -0.3 is 14.2 Å². The van der Waals surface area contributed by atoms with Gasteiger partial charge in [-0.15, -0.1) is 0 Å². The third kappa shape index (κ3) is 51.1. The predicted octanol–water partition coefficient (Wildman–Crippen LogP) is 17.9. The second kappa shape index (κ2) is 53.7. The Morgan fingerprint density at radius 3 is 1.00 bits per heavy atom. The van der Waals surface area contributed by atoms with Gasteiger partial charge in [0, 0.05) is 19.3 Å². The van der Waals surface area contributed by atoms with E-state index >= 15 is 0 Å². The Labute approximate surface area is 406 Å². The summed E-state index contributed by atoms with van der Waals surface area (Å²) < 4.78 is 16.8. The van der Waals surface area contributed by atoms with E-state index in [4.69, 9.17) is 14.2 Å². The van der Waals surface area contributed by atoms with Gasteiger partial charge in [-0.2, -0.15) is 0 Å². The molecule has 0 aliphatic carbocycles. The summed E-state index contributed by atoms with van der Waals surface area (Å²) in [5.74, 6) is -0.952. The molecule has 0 rings (SSSR count). The lowest BCUT2D eigenvalue weighted by Crippen LogP contribution is -2.30. The minimum absolute atomic E-state index is 0.0983. The van der Waals surface area contributed by atoms with Crippen molar-refractivity contribution in [2.45, 2.75) is 239 Å². The highest BCUT2D eigenvalue weighted by atomic mass is 16.6. The minimum Gasteiger partial charge on any atom is -0.462 e. The van der Waals surface area contributed by atoms with Crippen LogP contribution >= 0.6 is 0 Å². The molecule has 0 radical (unpaired) electrons. The van der Waals surface area contributed by atoms with Gasteiger partial charge in [-0.1, -0.05) is 201 Å². The Bertz CT molecular complexity index is 1370. The summed E-state index contributed by atoms with van der Waals surface area (Å²) in [5.41, 5.74) is 0. The topological polar surface area (TPSA) is 78.9 Å². The van der Waals surface area contributed by atoms with E-state index in [0.717, 1.165) is 154 Å². The van der Waals surface area contributed by atoms with Crippen LogP contribution in [0, 0.1) is 0 Å². The van der Waals surface area contributed by atoms with E-state index < -0.39 is 6.10 Å². The van der Waals surface area contributed by atoms with Gasteiger partial charge in [0.05, 0.1) is 0 Å². The van der Waals surface area contributed by atoms with Crippen LogP contribution in [0.1, 0.15) is 233 Å². The second-order valence-electron chi connectivity index (χ2n) is 17.4. The number of carbonyl (C=O) groups excluding carboxylic acids is 3. The Morgan fingerprint density at radius 1 is 0.318 bits per heavy atom. The number of hydrogen-bond acceptors (Lipinski definition) is 6. The quantitative estimate of drug-likeness (QED) is 0.0262. The fourth-order valence-electron chi connectivity index (χ4n) is 6.95. The van der Waals surface area contributed by atoms with Crippen LogP contribution in [0.4, 0.5) is 0 Å². The van der Waals surface area contributed by atoms with Crippen LogP contribution in [0.5, 0.6) is 0 Å². The highest BCUT2D eigenvalue weighted by Gasteiger charge is 2.19. The highest BCUT2D eigenvalue weighted by Crippen LogP contribution is 2.13. The van der Waals surface area contributed by atoms with E-state index in [1.54, 1.807) is 0 Å². The molecule has 66 heavy (non-hydrogen) atoms. The van der Waals surface area contributed by atoms with Crippen molar-refractivity contribution in [3.63, 3.8) is 0 Å². The van der Waals surface area contributed by atoms with Gasteiger partial charge in [0.1, 0.15) is 13.2 Å². The first-order chi connectivity index (χ1) is 32.5. The third-order valence-corrected chi connectivity index (χ3v) is 11.0. The molecule has 0 aromatic heterocycles. The average Bonchev–Trinajstić information content (AvgIpc) is 3.31. The molecule has 0 saturated heterocycles. The van der Waals surface area contributed by atoms with E-state index in [1.807, 2.05) is 0 Å². The van der Waals surface area contributed by atoms with Gasteiger partial charge in [0.2, 0.25) is 0 Å². The molecule has 6 nitrogen and oxygen atoms in total. The summed E-state index contributed by atoms with van der Waals surface area (Å²) >= 11 is 0. The normalized spacial score (nSPS) is 13.0. The monoisotopic (exact) mass is 915 g/mol. The molecule has 0 bridgehead atoms. The largest absolute Gasteiger partial charge is 0.462 e. The van der Waals surface area contributed by atoms with Gasteiger partial charge in [-0.3, -0.25) is 14.4 Å². The Kier molecular flexibility index (Phi) is 50.5. The van der Waals surface area contributed by atoms with Gasteiger partial charge >= 0.3 is 17.9 Å². The smallest absolute Gasteiger partial charge is 0.306 e. The van der Waals surface area contributed by atoms with Crippen molar-refractivity contribution in [3.05, 3.63) is 109 Å². The standard InChI is InChI=1S/C60H98O6/c1-4-7-10-13-16-19-22-25-26-27-28-29-30-31-32-33-34-36-38-41-44-47-50-53-59(62)65-56-57(55-64-58(61)52-49-46-43-40-37-24-21-18-15-12-9-6-3)66-60(63)54-51-48-45-42-39-35-23-20-17-14-11-8-5-2/h7,10-11,14,16,18-21,23,25-26,28-29,31-32,34,36,57H,4-6,8-9,12-13,15,17,22,24,27,30,33,35,37-56H2,1-3H3/b10-7-,14-11-,19-16-,21-18-,23-20-,26-25-,29-28-,32-31-,36-34-. The first kappa shape index (κ1) is 62.1. The van der Waals surface area contributed by atoms with E-state index in [9.17, 15) is 14.4 Å². The second-order valence-corrected chi connectivity index (χ2v) is 17.4. The fourth-order valence-corrected chi connectivity index (χ4v) is 6.95. The van der Waals surface area contributed by atoms with E-state index in [1.165, 1.54) is 38.5 Å². The van der Waals surface area contributed by atoms with E-state index in [-0.39, 0.29) is 31.1 Å². The van der Waals surface area contributed by atoms with Gasteiger partial charge in [0.15, 0.2) is 6.10 Å². The molecular weight excluding hydrogens is 817 g/mol. The maximum Gasteiger partial charge on any atom is 0.306 e. The number of hydrogen-bond donors (Lipinski definition) is 0. The molecule has 0 fully saturated rings. The first-order valence-corrected chi connectivity index (χ1v) is 26.9. The van der Waals surface area contributed by atoms with Crippen molar-refractivity contribution in [1.29, 1.82) is 0 Å². The molecule has 0 aromatic carbocycles. The van der Waals surface area contributed by atoms with Crippen LogP contribution in [-0.4, -0.2) is 37.2 Å². The fraction of sp³-hybridized carbons (Fsp3) is 0.650. The molecule has 0 aromatic rings. The molecule has 0 saturated carbocycles. The Morgan fingerprint density at radius 2 is 0.621 bits per heavy atom. The number of esters is 3. The lowest BCUT2D eigenvalue weighted by molar-refractivity contribution is -0.167. The number of rotatable bonds is 47. The average molecular weight is 915 g/mol. The number of carbonyl (C=O) groups is 3. The van der Waals surface area contributed by atoms with Crippen molar-refractivity contribution in [2.75, 3.05) is 13.2 Å². The number of allylic oxidation sites excluding steroid dienone is 18. The molecule has 0 spiro atoms. The molecule has 374 valence electrons. The van der Waals surface area contributed by atoms with Gasteiger partial charge in [-0.25, -0.2) is 0 Å². The predicted molar refractivity (Wildman–Crippen MR) is 283 cm³/mol. The van der Waals surface area contributed by atoms with Crippen LogP contribution in [0.3, 0.4) is 0 Å².